The predicted molar refractivity (Wildman–Crippen MR) is 153 cm³/mol. The molecule has 2 aliphatic carbocycles. The third kappa shape index (κ3) is 7.76. The van der Waals surface area contributed by atoms with Crippen molar-refractivity contribution < 1.29 is 53.7 Å². The van der Waals surface area contributed by atoms with Gasteiger partial charge < -0.3 is 4.52 Å². The minimum atomic E-state index is -4.71. The van der Waals surface area contributed by atoms with Crippen LogP contribution in [0.4, 0.5) is 13.2 Å². The van der Waals surface area contributed by atoms with Gasteiger partial charge >= 0.3 is 6.18 Å². The molecule has 10 nitrogen and oxygen atoms in total. The van der Waals surface area contributed by atoms with Gasteiger partial charge in [-0.05, 0) is 55.7 Å². The molecule has 5 rings (SSSR count). The van der Waals surface area contributed by atoms with Gasteiger partial charge in [-0.1, -0.05) is 16.8 Å². The number of rotatable bonds is 7. The van der Waals surface area contributed by atoms with Crippen LogP contribution in [0, 0.1) is 5.92 Å². The molecule has 16 heteroatoms. The summed E-state index contributed by atoms with van der Waals surface area (Å²) >= 11 is 5.94. The highest BCUT2D eigenvalue weighted by Crippen LogP contribution is 2.42. The van der Waals surface area contributed by atoms with Gasteiger partial charge in [0.15, 0.2) is 48.6 Å². The topological polar surface area (TPSA) is 163 Å². The van der Waals surface area contributed by atoms with Crippen LogP contribution in [-0.4, -0.2) is 57.6 Å². The van der Waals surface area contributed by atoms with E-state index in [1.165, 1.54) is 18.3 Å². The first kappa shape index (κ1) is 34.2. The van der Waals surface area contributed by atoms with Crippen LogP contribution in [-0.2, 0) is 35.4 Å². The predicted octanol–water partition coefficient (Wildman–Crippen LogP) is 5.07. The summed E-state index contributed by atoms with van der Waals surface area (Å²) < 4.78 is 90.1. The molecule has 0 amide bonds. The quantitative estimate of drug-likeness (QED) is 0.242. The molecule has 240 valence electrons. The van der Waals surface area contributed by atoms with Crippen molar-refractivity contribution in [3.05, 3.63) is 75.6 Å². The number of aromatic nitrogens is 1. The molecule has 0 spiro atoms. The first-order valence-corrected chi connectivity index (χ1v) is 17.5. The van der Waals surface area contributed by atoms with E-state index >= 15 is 0 Å². The van der Waals surface area contributed by atoms with Crippen molar-refractivity contribution in [1.29, 1.82) is 0 Å². The lowest BCUT2D eigenvalue weighted by atomic mass is 9.82. The summed E-state index contributed by atoms with van der Waals surface area (Å²) in [6.45, 7) is 0. The highest BCUT2D eigenvalue weighted by Gasteiger charge is 2.38. The molecule has 45 heavy (non-hydrogen) atoms. The largest absolute Gasteiger partial charge is 0.416 e. The Balaban J connectivity index is 0.000000207. The van der Waals surface area contributed by atoms with Crippen LogP contribution in [0.3, 0.4) is 0 Å². The molecule has 0 bridgehead atoms. The van der Waals surface area contributed by atoms with Crippen LogP contribution in [0.25, 0.3) is 0 Å². The van der Waals surface area contributed by atoms with Crippen molar-refractivity contribution in [1.82, 2.24) is 5.16 Å². The Morgan fingerprint density at radius 1 is 0.889 bits per heavy atom. The Hall–Kier alpha value is -3.69. The molecule has 3 aromatic rings. The van der Waals surface area contributed by atoms with Gasteiger partial charge in [-0.2, -0.15) is 13.2 Å². The van der Waals surface area contributed by atoms with E-state index in [-0.39, 0.29) is 45.4 Å². The first-order valence-electron chi connectivity index (χ1n) is 13.3. The highest BCUT2D eigenvalue weighted by molar-refractivity contribution is 7.91. The third-order valence-electron chi connectivity index (χ3n) is 7.13. The van der Waals surface area contributed by atoms with Gasteiger partial charge in [0.2, 0.25) is 0 Å². The number of nitrogens with zero attached hydrogens (tertiary/aromatic N) is 1. The van der Waals surface area contributed by atoms with Crippen LogP contribution in [0.15, 0.2) is 56.9 Å². The van der Waals surface area contributed by atoms with Gasteiger partial charge in [0.1, 0.15) is 5.92 Å². The molecule has 0 atom stereocenters. The minimum absolute atomic E-state index is 0.00216. The zero-order valence-electron chi connectivity index (χ0n) is 23.7. The summed E-state index contributed by atoms with van der Waals surface area (Å²) in [5.41, 5.74) is -1.37. The van der Waals surface area contributed by atoms with Gasteiger partial charge in [-0.15, -0.1) is 0 Å². The number of hydrogen-bond acceptors (Lipinski definition) is 10. The molecule has 0 radical (unpaired) electrons. The number of carbonyl (C=O) groups excluding carboxylic acids is 4. The van der Waals surface area contributed by atoms with Crippen LogP contribution >= 0.6 is 11.6 Å². The average molecular weight is 688 g/mol. The van der Waals surface area contributed by atoms with E-state index in [1.54, 1.807) is 0 Å². The van der Waals surface area contributed by atoms with Gasteiger partial charge in [-0.25, -0.2) is 16.8 Å². The molecule has 2 aliphatic rings. The van der Waals surface area contributed by atoms with Crippen LogP contribution in [0.2, 0.25) is 5.02 Å². The van der Waals surface area contributed by atoms with Gasteiger partial charge in [0, 0.05) is 42.4 Å². The zero-order valence-corrected chi connectivity index (χ0v) is 26.1. The maximum Gasteiger partial charge on any atom is 0.416 e. The number of sulfone groups is 2. The number of halogens is 4. The first-order chi connectivity index (χ1) is 20.8. The molecule has 2 aromatic carbocycles. The molecule has 1 aromatic heterocycles. The van der Waals surface area contributed by atoms with Gasteiger partial charge in [-0.3, -0.25) is 19.2 Å². The van der Waals surface area contributed by atoms with Crippen LogP contribution < -0.4 is 0 Å². The zero-order chi connectivity index (χ0) is 33.5. The Morgan fingerprint density at radius 2 is 1.49 bits per heavy atom. The molecule has 1 heterocycles. The number of benzene rings is 2. The average Bonchev–Trinajstić information content (AvgIpc) is 3.66. The molecule has 0 saturated heterocycles. The van der Waals surface area contributed by atoms with Crippen LogP contribution in [0.5, 0.6) is 0 Å². The fourth-order valence-electron chi connectivity index (χ4n) is 4.68. The maximum atomic E-state index is 12.8. The molecule has 0 N–H and O–H groups in total. The molecule has 0 unspecified atom stereocenters. The fourth-order valence-corrected chi connectivity index (χ4v) is 6.56. The normalized spacial score (nSPS) is 16.2. The number of ketones is 4. The van der Waals surface area contributed by atoms with Crippen molar-refractivity contribution >= 4 is 54.4 Å². The van der Waals surface area contributed by atoms with E-state index in [1.807, 2.05) is 0 Å². The van der Waals surface area contributed by atoms with E-state index in [4.69, 9.17) is 16.1 Å². The Morgan fingerprint density at radius 3 is 2.00 bits per heavy atom. The van der Waals surface area contributed by atoms with Crippen molar-refractivity contribution in [2.75, 3.05) is 12.5 Å². The second kappa shape index (κ2) is 12.6. The summed E-state index contributed by atoms with van der Waals surface area (Å²) in [7, 11) is -7.49. The smallest absolute Gasteiger partial charge is 0.360 e. The van der Waals surface area contributed by atoms with Gasteiger partial charge in [0.25, 0.3) is 0 Å². The molecular weight excluding hydrogens is 663 g/mol. The number of hydrogen-bond donors (Lipinski definition) is 0. The minimum Gasteiger partial charge on any atom is -0.360 e. The molecule has 2 saturated carbocycles. The lowest BCUT2D eigenvalue weighted by Gasteiger charge is -2.18. The maximum absolute atomic E-state index is 12.8. The van der Waals surface area contributed by atoms with E-state index in [0.29, 0.717) is 24.3 Å². The lowest BCUT2D eigenvalue weighted by Crippen LogP contribution is -2.35. The summed E-state index contributed by atoms with van der Waals surface area (Å²) in [5, 5.41) is 3.48. The van der Waals surface area contributed by atoms with Crippen molar-refractivity contribution in [3.8, 4) is 0 Å². The summed E-state index contributed by atoms with van der Waals surface area (Å²) in [5.74, 6) is -3.09. The summed E-state index contributed by atoms with van der Waals surface area (Å²) in [6, 6.07) is 5.69. The van der Waals surface area contributed by atoms with Crippen molar-refractivity contribution in [3.63, 3.8) is 0 Å². The summed E-state index contributed by atoms with van der Waals surface area (Å²) in [6.07, 6.45) is 0.730. The van der Waals surface area contributed by atoms with Crippen LogP contribution in [0.1, 0.15) is 75.6 Å². The highest BCUT2D eigenvalue weighted by atomic mass is 35.5. The molecule has 0 aliphatic heterocycles. The standard InChI is InChI=1S/C15H12F3NO4S.C14H13ClO5S/c1-24(21,22)12-6-9(15(16,17)18)4-5-10(12)13(20)11-7-19-23-14(11)8-2-3-8;1-21(19,20)8-5-6-9(10(15)7-8)14(18)13-11(16)3-2-4-12(13)17/h4-8H,2-3H2,1H3;5-7,13H,2-4H2,1H3. The molecular formula is C29H25ClF3NO9S2. The second-order valence-corrected chi connectivity index (χ2v) is 15.1. The van der Waals surface area contributed by atoms with Gasteiger partial charge in [0.05, 0.1) is 32.1 Å². The SMILES string of the molecule is CS(=O)(=O)c1cc(C(F)(F)F)ccc1C(=O)c1cnoc1C1CC1.CS(=O)(=O)c1ccc(C(=O)C2C(=O)CCCC2=O)c(Cl)c1. The number of alkyl halides is 3. The van der Waals surface area contributed by atoms with E-state index in [0.717, 1.165) is 37.5 Å². The fraction of sp³-hybridized carbons (Fsp3) is 0.345. The van der Waals surface area contributed by atoms with E-state index < -0.39 is 65.4 Å². The Kier molecular flexibility index (Phi) is 9.57. The Labute approximate surface area is 260 Å². The molecule has 2 fully saturated rings. The lowest BCUT2D eigenvalue weighted by molar-refractivity contribution is -0.138. The third-order valence-corrected chi connectivity index (χ3v) is 9.69. The van der Waals surface area contributed by atoms with Crippen molar-refractivity contribution in [2.45, 2.75) is 54.0 Å². The summed E-state index contributed by atoms with van der Waals surface area (Å²) in [4.78, 5) is 47.8. The monoisotopic (exact) mass is 687 g/mol. The Bertz CT molecular complexity index is 1910. The number of Topliss-reactive ketones (excluding diaryl/α,β-unsaturated/α-hetero) is 3. The van der Waals surface area contributed by atoms with Crippen molar-refractivity contribution in [2.24, 2.45) is 5.92 Å². The number of carbonyl (C=O) groups is 4. The van der Waals surface area contributed by atoms with E-state index in [2.05, 4.69) is 5.16 Å². The second-order valence-electron chi connectivity index (χ2n) is 10.7. The van der Waals surface area contributed by atoms with E-state index in [9.17, 15) is 49.2 Å².